The molecule has 0 radical (unpaired) electrons. The number of H-pyrrole nitrogens is 2. The highest BCUT2D eigenvalue weighted by atomic mass is 19.3. The molecule has 0 saturated heterocycles. The van der Waals surface area contributed by atoms with Crippen molar-refractivity contribution < 1.29 is 55.7 Å². The fourth-order valence-corrected chi connectivity index (χ4v) is 10.6. The molecule has 4 bridgehead atoms. The largest absolute Gasteiger partial charge is 0.471 e. The van der Waals surface area contributed by atoms with Crippen LogP contribution in [0.5, 0.6) is 11.8 Å². The molecule has 4 amide bonds. The Morgan fingerprint density at radius 3 is 1.37 bits per heavy atom. The van der Waals surface area contributed by atoms with E-state index in [0.717, 1.165) is 74.6 Å². The number of carbonyl (C=O) groups is 4. The first-order valence-corrected chi connectivity index (χ1v) is 23.0. The molecule has 8 fully saturated rings. The van der Waals surface area contributed by atoms with Crippen LogP contribution in [0.25, 0.3) is 0 Å². The number of amides is 4. The molecule has 20 nitrogen and oxygen atoms in total. The number of hydrogen-bond donors (Lipinski definition) is 6. The van der Waals surface area contributed by atoms with E-state index in [-0.39, 0.29) is 82.3 Å². The van der Waals surface area contributed by atoms with Gasteiger partial charge in [0.1, 0.15) is 23.6 Å². The van der Waals surface area contributed by atoms with Gasteiger partial charge in [0, 0.05) is 72.7 Å². The van der Waals surface area contributed by atoms with Crippen LogP contribution >= 0.6 is 0 Å². The van der Waals surface area contributed by atoms with Gasteiger partial charge in [-0.25, -0.2) is 27.2 Å². The van der Waals surface area contributed by atoms with Crippen molar-refractivity contribution >= 4 is 35.6 Å². The molecular formula is C44H56F4N12O8. The molecule has 0 spiro atoms. The normalized spacial score (nSPS) is 29.3. The summed E-state index contributed by atoms with van der Waals surface area (Å²) in [5, 5.41) is 33.5. The topological polar surface area (TPSA) is 246 Å². The standard InChI is InChI=1S/2C22H28F2N6O4/c2*1-11-3-13(4-16(11)34-21(32)26-22-7-12(8-22)9-22)14-5-18(28-27-14)25-20(31)15-6-19(29-30(15)2)33-10-17(23)24/h2*5-6,11-13,16-17H,3-4,7-10H2,1-2H3,(H,26,32)(H2,25,27,28,31)/t2*11-,12?,13+,16+,22?/m10/s1. The van der Waals surface area contributed by atoms with Crippen LogP contribution in [0.15, 0.2) is 24.3 Å². The zero-order valence-electron chi connectivity index (χ0n) is 38.0. The van der Waals surface area contributed by atoms with E-state index in [2.05, 4.69) is 65.7 Å². The third-order valence-corrected chi connectivity index (χ3v) is 14.4. The highest BCUT2D eigenvalue weighted by Crippen LogP contribution is 2.58. The maximum absolute atomic E-state index is 12.6. The molecular weight excluding hydrogens is 901 g/mol. The summed E-state index contributed by atoms with van der Waals surface area (Å²) in [6.07, 6.45) is 3.11. The Labute approximate surface area is 387 Å². The van der Waals surface area contributed by atoms with E-state index in [1.807, 2.05) is 0 Å². The number of ether oxygens (including phenoxy) is 4. The number of alkyl carbamates (subject to hydrolysis) is 2. The second-order valence-corrected chi connectivity index (χ2v) is 19.7. The highest BCUT2D eigenvalue weighted by Gasteiger charge is 2.58. The number of aromatic amines is 2. The van der Waals surface area contributed by atoms with Crippen LogP contribution in [0.1, 0.15) is 122 Å². The summed E-state index contributed by atoms with van der Waals surface area (Å²) in [6, 6.07) is 6.10. The van der Waals surface area contributed by atoms with Crippen LogP contribution < -0.4 is 30.7 Å². The number of alkyl halides is 4. The number of rotatable bonds is 16. The summed E-state index contributed by atoms with van der Waals surface area (Å²) < 4.78 is 73.0. The van der Waals surface area contributed by atoms with Gasteiger partial charge in [-0.15, -0.1) is 10.2 Å². The number of aryl methyl sites for hydroxylation is 2. The molecule has 0 aromatic carbocycles. The van der Waals surface area contributed by atoms with E-state index < -0.39 is 37.9 Å². The van der Waals surface area contributed by atoms with E-state index in [0.29, 0.717) is 24.5 Å². The van der Waals surface area contributed by atoms with Crippen molar-refractivity contribution in [3.05, 3.63) is 47.0 Å². The Balaban J connectivity index is 0.000000170. The first-order valence-electron chi connectivity index (χ1n) is 23.0. The molecule has 24 heteroatoms. The van der Waals surface area contributed by atoms with Gasteiger partial charge in [-0.3, -0.25) is 29.2 Å². The van der Waals surface area contributed by atoms with Crippen molar-refractivity contribution in [2.24, 2.45) is 37.8 Å². The lowest BCUT2D eigenvalue weighted by Gasteiger charge is -2.61. The average Bonchev–Trinajstić information content (AvgIpc) is 4.09. The Bertz CT molecular complexity index is 2310. The molecule has 12 rings (SSSR count). The van der Waals surface area contributed by atoms with Crippen LogP contribution in [0.3, 0.4) is 0 Å². The Kier molecular flexibility index (Phi) is 12.8. The molecule has 8 aliphatic rings. The van der Waals surface area contributed by atoms with Crippen LogP contribution in [0, 0.1) is 23.7 Å². The molecule has 4 aromatic rings. The summed E-state index contributed by atoms with van der Waals surface area (Å²) >= 11 is 0. The van der Waals surface area contributed by atoms with Gasteiger partial charge >= 0.3 is 12.2 Å². The summed E-state index contributed by atoms with van der Waals surface area (Å²) in [6.45, 7) is 2.53. The summed E-state index contributed by atoms with van der Waals surface area (Å²) in [7, 11) is 3.04. The van der Waals surface area contributed by atoms with Crippen LogP contribution in [0.4, 0.5) is 38.8 Å². The first-order chi connectivity index (χ1) is 32.4. The second kappa shape index (κ2) is 18.6. The third kappa shape index (κ3) is 10.2. The van der Waals surface area contributed by atoms with Gasteiger partial charge in [-0.1, -0.05) is 13.8 Å². The molecule has 8 aliphatic carbocycles. The minimum Gasteiger partial charge on any atom is -0.471 e. The lowest BCUT2D eigenvalue weighted by atomic mass is 9.50. The van der Waals surface area contributed by atoms with Gasteiger partial charge in [-0.2, -0.15) is 10.2 Å². The minimum atomic E-state index is -2.63. The number of anilines is 2. The fraction of sp³-hybridized carbons (Fsp3) is 0.636. The maximum atomic E-state index is 12.6. The summed E-state index contributed by atoms with van der Waals surface area (Å²) in [5.74, 6) is 1.75. The monoisotopic (exact) mass is 956 g/mol. The smallest absolute Gasteiger partial charge is 0.407 e. The number of nitrogens with one attached hydrogen (secondary N) is 6. The molecule has 368 valence electrons. The summed E-state index contributed by atoms with van der Waals surface area (Å²) in [5.41, 5.74) is 1.96. The number of carbonyl (C=O) groups excluding carboxylic acids is 4. The number of halogens is 4. The zero-order valence-corrected chi connectivity index (χ0v) is 38.0. The molecule has 0 aliphatic heterocycles. The lowest BCUT2D eigenvalue weighted by Crippen LogP contribution is -2.68. The Morgan fingerprint density at radius 2 is 1.03 bits per heavy atom. The van der Waals surface area contributed by atoms with Crippen molar-refractivity contribution in [2.75, 3.05) is 23.8 Å². The van der Waals surface area contributed by atoms with Gasteiger partial charge in [0.15, 0.2) is 24.8 Å². The van der Waals surface area contributed by atoms with E-state index in [1.54, 1.807) is 12.1 Å². The third-order valence-electron chi connectivity index (χ3n) is 14.4. The molecule has 6 atom stereocenters. The van der Waals surface area contributed by atoms with Crippen molar-refractivity contribution in [3.63, 3.8) is 0 Å². The quantitative estimate of drug-likeness (QED) is 0.0668. The van der Waals surface area contributed by atoms with E-state index in [9.17, 15) is 36.7 Å². The van der Waals surface area contributed by atoms with Crippen LogP contribution in [0.2, 0.25) is 0 Å². The van der Waals surface area contributed by atoms with Crippen LogP contribution in [-0.4, -0.2) is 113 Å². The number of aromatic nitrogens is 8. The molecule has 8 saturated carbocycles. The number of hydrogen-bond acceptors (Lipinski definition) is 12. The lowest BCUT2D eigenvalue weighted by molar-refractivity contribution is -0.0524. The summed E-state index contributed by atoms with van der Waals surface area (Å²) in [4.78, 5) is 49.9. The first kappa shape index (κ1) is 46.7. The van der Waals surface area contributed by atoms with Gasteiger partial charge in [-0.05, 0) is 87.9 Å². The van der Waals surface area contributed by atoms with E-state index in [4.69, 9.17) is 18.9 Å². The highest BCUT2D eigenvalue weighted by molar-refractivity contribution is 6.03. The van der Waals surface area contributed by atoms with Gasteiger partial charge in [0.25, 0.3) is 24.7 Å². The molecule has 0 unspecified atom stereocenters. The molecule has 4 heterocycles. The van der Waals surface area contributed by atoms with Crippen molar-refractivity contribution in [3.8, 4) is 11.8 Å². The van der Waals surface area contributed by atoms with Crippen molar-refractivity contribution in [1.29, 1.82) is 0 Å². The average molecular weight is 957 g/mol. The van der Waals surface area contributed by atoms with Crippen molar-refractivity contribution in [2.45, 2.75) is 126 Å². The van der Waals surface area contributed by atoms with Crippen molar-refractivity contribution in [1.82, 2.24) is 50.6 Å². The zero-order chi connectivity index (χ0) is 48.1. The Morgan fingerprint density at radius 1 is 0.647 bits per heavy atom. The maximum Gasteiger partial charge on any atom is 0.407 e. The molecule has 68 heavy (non-hydrogen) atoms. The predicted molar refractivity (Wildman–Crippen MR) is 232 cm³/mol. The molecule has 4 aromatic heterocycles. The fourth-order valence-electron chi connectivity index (χ4n) is 10.6. The SMILES string of the molecule is C[C@@H]1C[C@H](c2cc(NC(=O)c3cc(OCC(F)F)nn3C)n[nH]2)C[C@@H]1OC(=O)NC12CC(C1)C2.C[C@H]1C[C@@H](c2cc(NC(=O)c3cc(OCC(F)F)nn3C)n[nH]2)C[C@H]1OC(=O)NC12CC(C1)C2. The van der Waals surface area contributed by atoms with Crippen LogP contribution in [-0.2, 0) is 23.6 Å². The van der Waals surface area contributed by atoms with Gasteiger partial charge < -0.3 is 40.2 Å². The minimum absolute atomic E-state index is 0.0108. The van der Waals surface area contributed by atoms with E-state index in [1.165, 1.54) is 35.6 Å². The molecule has 6 N–H and O–H groups in total. The number of nitrogens with zero attached hydrogens (tertiary/aromatic N) is 6. The predicted octanol–water partition coefficient (Wildman–Crippen LogP) is 6.40. The van der Waals surface area contributed by atoms with Gasteiger partial charge in [0.05, 0.1) is 0 Å². The second-order valence-electron chi connectivity index (χ2n) is 19.7. The van der Waals surface area contributed by atoms with E-state index >= 15 is 0 Å². The van der Waals surface area contributed by atoms with Gasteiger partial charge in [0.2, 0.25) is 11.8 Å². The Hall–Kier alpha value is -6.36.